The van der Waals surface area contributed by atoms with Crippen molar-refractivity contribution in [3.05, 3.63) is 143 Å². The number of rotatable bonds is 8. The molecule has 4 unspecified atom stereocenters. The predicted octanol–water partition coefficient (Wildman–Crippen LogP) is 12.1. The van der Waals surface area contributed by atoms with Crippen LogP contribution in [0.2, 0.25) is 0 Å². The van der Waals surface area contributed by atoms with Crippen LogP contribution in [0, 0.1) is 35.0 Å². The fraction of sp³-hybridized carbons (Fsp3) is 0.392. The van der Waals surface area contributed by atoms with E-state index < -0.39 is 0 Å². The zero-order valence-electron chi connectivity index (χ0n) is 31.9. The van der Waals surface area contributed by atoms with Gasteiger partial charge in [0.05, 0.1) is 0 Å². The highest BCUT2D eigenvalue weighted by Crippen LogP contribution is 2.67. The minimum atomic E-state index is 0.158. The number of nitrogens with zero attached hydrogens (tertiary/aromatic N) is 1. The van der Waals surface area contributed by atoms with E-state index in [2.05, 4.69) is 78.9 Å². The second kappa shape index (κ2) is 12.4. The first kappa shape index (κ1) is 34.1. The van der Waals surface area contributed by atoms with E-state index in [1.54, 1.807) is 0 Å². The summed E-state index contributed by atoms with van der Waals surface area (Å²) in [6.07, 6.45) is 15.0. The van der Waals surface area contributed by atoms with E-state index >= 15 is 0 Å². The molecule has 282 valence electrons. The van der Waals surface area contributed by atoms with Crippen LogP contribution in [-0.4, -0.2) is 10.2 Å². The molecule has 56 heavy (non-hydrogen) atoms. The molecule has 0 spiro atoms. The molecule has 2 N–H and O–H groups in total. The van der Waals surface area contributed by atoms with Crippen molar-refractivity contribution >= 4 is 0 Å². The largest absolute Gasteiger partial charge is 0.508 e. The molecule has 0 amide bonds. The van der Waals surface area contributed by atoms with Crippen LogP contribution < -0.4 is 9.47 Å². The molecule has 8 bridgehead atoms. The number of hydrogen-bond acceptors (Lipinski definition) is 5. The summed E-state index contributed by atoms with van der Waals surface area (Å²) >= 11 is 0. The van der Waals surface area contributed by atoms with E-state index in [9.17, 15) is 15.5 Å². The van der Waals surface area contributed by atoms with Gasteiger partial charge in [-0.05, 0) is 205 Å². The normalized spacial score (nSPS) is 33.3. The summed E-state index contributed by atoms with van der Waals surface area (Å²) < 4.78 is 12.8. The van der Waals surface area contributed by atoms with Crippen molar-refractivity contribution in [2.45, 2.75) is 98.7 Å². The van der Waals surface area contributed by atoms with Crippen molar-refractivity contribution in [2.24, 2.45) is 23.7 Å². The number of phenolic OH excluding ortho intramolecular Hbond substituents is 2. The number of aromatic hydroxyl groups is 2. The van der Waals surface area contributed by atoms with Crippen LogP contribution in [0.15, 0.2) is 115 Å². The Morgan fingerprint density at radius 2 is 0.750 bits per heavy atom. The molecule has 8 aliphatic rings. The molecule has 4 atom stereocenters. The average molecular weight is 740 g/mol. The van der Waals surface area contributed by atoms with Gasteiger partial charge in [-0.3, -0.25) is 0 Å². The summed E-state index contributed by atoms with van der Waals surface area (Å²) in [6, 6.07) is 41.4. The van der Waals surface area contributed by atoms with Gasteiger partial charge in [-0.2, -0.15) is 5.26 Å². The third-order valence-corrected chi connectivity index (χ3v) is 15.6. The van der Waals surface area contributed by atoms with Crippen LogP contribution >= 0.6 is 0 Å². The first-order chi connectivity index (χ1) is 27.2. The van der Waals surface area contributed by atoms with Crippen LogP contribution in [-0.2, 0) is 21.7 Å². The highest BCUT2D eigenvalue weighted by atomic mass is 16.5. The zero-order valence-corrected chi connectivity index (χ0v) is 31.9. The van der Waals surface area contributed by atoms with Crippen LogP contribution in [0.25, 0.3) is 0 Å². The highest BCUT2D eigenvalue weighted by molar-refractivity contribution is 5.56. The molecule has 5 nitrogen and oxygen atoms in total. The van der Waals surface area contributed by atoms with Crippen molar-refractivity contribution in [3.63, 3.8) is 0 Å². The van der Waals surface area contributed by atoms with E-state index in [4.69, 9.17) is 9.47 Å². The van der Waals surface area contributed by atoms with Gasteiger partial charge in [0.1, 0.15) is 46.1 Å². The monoisotopic (exact) mass is 739 g/mol. The van der Waals surface area contributed by atoms with E-state index in [1.807, 2.05) is 42.5 Å². The Balaban J connectivity index is 0.811. The summed E-state index contributed by atoms with van der Waals surface area (Å²) in [6.45, 7) is 0. The van der Waals surface area contributed by atoms with Gasteiger partial charge in [0.15, 0.2) is 0 Å². The first-order valence-corrected chi connectivity index (χ1v) is 20.9. The van der Waals surface area contributed by atoms with E-state index in [1.165, 1.54) is 86.5 Å². The molecule has 8 fully saturated rings. The lowest BCUT2D eigenvalue weighted by Crippen LogP contribution is -2.55. The fourth-order valence-corrected chi connectivity index (χ4v) is 14.3. The second-order valence-electron chi connectivity index (χ2n) is 19.1. The van der Waals surface area contributed by atoms with E-state index in [0.717, 1.165) is 36.5 Å². The lowest BCUT2D eigenvalue weighted by atomic mass is 9.42. The van der Waals surface area contributed by atoms with Gasteiger partial charge in [-0.25, -0.2) is 0 Å². The minimum Gasteiger partial charge on any atom is -0.508 e. The maximum absolute atomic E-state index is 10.4. The lowest BCUT2D eigenvalue weighted by molar-refractivity contribution is -0.0283. The smallest absolute Gasteiger partial charge is 0.149 e. The molecular formula is C51H49NO4. The molecule has 8 saturated carbocycles. The SMILES string of the molecule is N#Cc1c(Oc2ccc(C34CC5CC(CC(c6ccc(O)cc6)(C5)C3)C4)cc2)cccc1Oc1ccc(C23CC4CC(CC(c5ccc(O)cc5)(C4)C2)C3)cc1. The Hall–Kier alpha value is -5.21. The Morgan fingerprint density at radius 3 is 1.05 bits per heavy atom. The summed E-state index contributed by atoms with van der Waals surface area (Å²) in [4.78, 5) is 0. The van der Waals surface area contributed by atoms with Gasteiger partial charge < -0.3 is 19.7 Å². The van der Waals surface area contributed by atoms with Crippen LogP contribution in [0.5, 0.6) is 34.5 Å². The quantitative estimate of drug-likeness (QED) is 0.166. The third-order valence-electron chi connectivity index (χ3n) is 15.6. The van der Waals surface area contributed by atoms with Gasteiger partial charge in [0, 0.05) is 0 Å². The van der Waals surface area contributed by atoms with Crippen molar-refractivity contribution in [1.29, 1.82) is 5.26 Å². The summed E-state index contributed by atoms with van der Waals surface area (Å²) in [5.41, 5.74) is 6.63. The van der Waals surface area contributed by atoms with Crippen molar-refractivity contribution in [1.82, 2.24) is 0 Å². The Bertz CT molecular complexity index is 2150. The molecule has 5 aromatic carbocycles. The van der Waals surface area contributed by atoms with Gasteiger partial charge >= 0.3 is 0 Å². The third kappa shape index (κ3) is 5.47. The van der Waals surface area contributed by atoms with Gasteiger partial charge in [-0.15, -0.1) is 0 Å². The number of phenols is 2. The predicted molar refractivity (Wildman–Crippen MR) is 216 cm³/mol. The van der Waals surface area contributed by atoms with Crippen LogP contribution in [0.4, 0.5) is 0 Å². The van der Waals surface area contributed by atoms with Crippen LogP contribution in [0.3, 0.4) is 0 Å². The number of benzene rings is 5. The molecule has 5 heteroatoms. The maximum atomic E-state index is 10.4. The van der Waals surface area contributed by atoms with Gasteiger partial charge in [-0.1, -0.05) is 54.6 Å². The molecule has 0 radical (unpaired) electrons. The fourth-order valence-electron chi connectivity index (χ4n) is 14.3. The van der Waals surface area contributed by atoms with Crippen molar-refractivity contribution in [3.8, 4) is 40.6 Å². The molecule has 0 aromatic heterocycles. The van der Waals surface area contributed by atoms with Crippen molar-refractivity contribution in [2.75, 3.05) is 0 Å². The van der Waals surface area contributed by atoms with Crippen molar-refractivity contribution < 1.29 is 19.7 Å². The number of nitriles is 1. The molecular weight excluding hydrogens is 691 g/mol. The Labute approximate surface area is 329 Å². The minimum absolute atomic E-state index is 0.158. The molecule has 0 aliphatic heterocycles. The van der Waals surface area contributed by atoms with E-state index in [-0.39, 0.29) is 21.7 Å². The maximum Gasteiger partial charge on any atom is 0.149 e. The second-order valence-corrected chi connectivity index (χ2v) is 19.1. The summed E-state index contributed by atoms with van der Waals surface area (Å²) in [5.74, 6) is 6.02. The number of ether oxygens (including phenoxy) is 2. The highest BCUT2D eigenvalue weighted by Gasteiger charge is 2.60. The Kier molecular flexibility index (Phi) is 7.54. The standard InChI is InChI=1S/C51H49NO4/c52-30-45-46(55-43-16-8-39(9-17-43)50-26-33-20-34(27-50)23-48(22-33,31-50)37-4-12-41(53)13-5-37)2-1-3-47(45)56-44-18-10-40(11-19-44)51-28-35-21-36(29-51)25-49(24-35,32-51)38-6-14-42(54)15-7-38/h1-19,33-36,53-54H,20-29,31-32H2. The first-order valence-electron chi connectivity index (χ1n) is 20.9. The average Bonchev–Trinajstić information content (AvgIpc) is 3.18. The van der Waals surface area contributed by atoms with Gasteiger partial charge in [0.2, 0.25) is 0 Å². The Morgan fingerprint density at radius 1 is 0.446 bits per heavy atom. The molecule has 0 heterocycles. The molecule has 13 rings (SSSR count). The van der Waals surface area contributed by atoms with Crippen LogP contribution in [0.1, 0.15) is 105 Å². The lowest BCUT2D eigenvalue weighted by Gasteiger charge is -2.62. The topological polar surface area (TPSA) is 82.7 Å². The molecule has 8 aliphatic carbocycles. The summed E-state index contributed by atoms with van der Waals surface area (Å²) in [5, 5.41) is 30.4. The van der Waals surface area contributed by atoms with E-state index in [0.29, 0.717) is 40.1 Å². The number of hydrogen-bond donors (Lipinski definition) is 2. The molecule has 0 saturated heterocycles. The summed E-state index contributed by atoms with van der Waals surface area (Å²) in [7, 11) is 0. The molecule has 5 aromatic rings. The van der Waals surface area contributed by atoms with Gasteiger partial charge in [0.25, 0.3) is 0 Å². The zero-order chi connectivity index (χ0) is 37.7.